The van der Waals surface area contributed by atoms with E-state index in [9.17, 15) is 13.2 Å². The SMILES string of the molecule is COc1ccc(NS(=O)(=O)c2ccc(C=Cc3onc(C)c3NC(C)=O)cc2)cc1Cl. The van der Waals surface area contributed by atoms with Gasteiger partial charge in [-0.15, -0.1) is 0 Å². The molecule has 0 saturated carbocycles. The summed E-state index contributed by atoms with van der Waals surface area (Å²) in [5.74, 6) is 0.605. The molecule has 0 saturated heterocycles. The van der Waals surface area contributed by atoms with Crippen LogP contribution in [0.3, 0.4) is 0 Å². The highest BCUT2D eigenvalue weighted by molar-refractivity contribution is 7.92. The molecule has 162 valence electrons. The molecule has 0 aliphatic rings. The van der Waals surface area contributed by atoms with Crippen molar-refractivity contribution in [3.05, 3.63) is 64.5 Å². The van der Waals surface area contributed by atoms with Gasteiger partial charge in [0.25, 0.3) is 10.0 Å². The van der Waals surface area contributed by atoms with Gasteiger partial charge in [-0.2, -0.15) is 0 Å². The first-order valence-electron chi connectivity index (χ1n) is 9.08. The van der Waals surface area contributed by atoms with Crippen LogP contribution in [0.1, 0.15) is 23.9 Å². The second kappa shape index (κ2) is 9.23. The van der Waals surface area contributed by atoms with Gasteiger partial charge in [-0.1, -0.05) is 35.0 Å². The number of amides is 1. The van der Waals surface area contributed by atoms with Crippen molar-refractivity contribution in [2.24, 2.45) is 0 Å². The fourth-order valence-corrected chi connectivity index (χ4v) is 4.01. The molecule has 0 radical (unpaired) electrons. The Balaban J connectivity index is 1.76. The molecule has 3 rings (SSSR count). The fraction of sp³-hybridized carbons (Fsp3) is 0.143. The van der Waals surface area contributed by atoms with Crippen molar-refractivity contribution in [1.29, 1.82) is 0 Å². The first kappa shape index (κ1) is 22.4. The van der Waals surface area contributed by atoms with Crippen LogP contribution in [0, 0.1) is 6.92 Å². The molecule has 1 amide bonds. The number of aryl methyl sites for hydroxylation is 1. The monoisotopic (exact) mass is 461 g/mol. The molecular weight excluding hydrogens is 442 g/mol. The molecule has 2 aromatic carbocycles. The minimum Gasteiger partial charge on any atom is -0.495 e. The number of methoxy groups -OCH3 is 1. The van der Waals surface area contributed by atoms with Crippen molar-refractivity contribution in [1.82, 2.24) is 5.16 Å². The summed E-state index contributed by atoms with van der Waals surface area (Å²) in [6, 6.07) is 10.9. The second-order valence-electron chi connectivity index (χ2n) is 6.55. The number of carbonyl (C=O) groups excluding carboxylic acids is 1. The number of carbonyl (C=O) groups is 1. The van der Waals surface area contributed by atoms with Crippen molar-refractivity contribution >= 4 is 51.1 Å². The molecule has 1 heterocycles. The van der Waals surface area contributed by atoms with Gasteiger partial charge >= 0.3 is 0 Å². The molecule has 10 heteroatoms. The van der Waals surface area contributed by atoms with Crippen molar-refractivity contribution in [2.75, 3.05) is 17.1 Å². The van der Waals surface area contributed by atoms with Crippen molar-refractivity contribution in [3.8, 4) is 5.75 Å². The van der Waals surface area contributed by atoms with Gasteiger partial charge in [0.15, 0.2) is 5.76 Å². The van der Waals surface area contributed by atoms with Crippen molar-refractivity contribution in [2.45, 2.75) is 18.7 Å². The fourth-order valence-electron chi connectivity index (χ4n) is 2.70. The number of rotatable bonds is 7. The minimum absolute atomic E-state index is 0.0889. The van der Waals surface area contributed by atoms with E-state index in [1.165, 1.54) is 32.2 Å². The number of benzene rings is 2. The van der Waals surface area contributed by atoms with Crippen LogP contribution >= 0.6 is 11.6 Å². The Morgan fingerprint density at radius 2 is 1.87 bits per heavy atom. The summed E-state index contributed by atoms with van der Waals surface area (Å²) < 4.78 is 38.0. The lowest BCUT2D eigenvalue weighted by molar-refractivity contribution is -0.114. The van der Waals surface area contributed by atoms with Gasteiger partial charge < -0.3 is 14.6 Å². The van der Waals surface area contributed by atoms with E-state index in [4.69, 9.17) is 20.9 Å². The van der Waals surface area contributed by atoms with Gasteiger partial charge in [-0.25, -0.2) is 8.42 Å². The topological polar surface area (TPSA) is 111 Å². The summed E-state index contributed by atoms with van der Waals surface area (Å²) in [6.07, 6.45) is 3.37. The number of ether oxygens (including phenoxy) is 1. The second-order valence-corrected chi connectivity index (χ2v) is 8.64. The van der Waals surface area contributed by atoms with Crippen LogP contribution in [0.15, 0.2) is 51.9 Å². The zero-order chi connectivity index (χ0) is 22.6. The summed E-state index contributed by atoms with van der Waals surface area (Å²) in [7, 11) is -2.32. The lowest BCUT2D eigenvalue weighted by Crippen LogP contribution is -2.12. The molecule has 8 nitrogen and oxygen atoms in total. The quantitative estimate of drug-likeness (QED) is 0.533. The van der Waals surface area contributed by atoms with Crippen LogP contribution in [0.4, 0.5) is 11.4 Å². The molecule has 0 bridgehead atoms. The van der Waals surface area contributed by atoms with Gasteiger partial charge in [0.1, 0.15) is 17.1 Å². The van der Waals surface area contributed by atoms with Gasteiger partial charge in [0.05, 0.1) is 22.7 Å². The molecule has 0 spiro atoms. The van der Waals surface area contributed by atoms with Crippen LogP contribution in [-0.2, 0) is 14.8 Å². The standard InChI is InChI=1S/C21H20ClN3O5S/c1-13-21(23-14(2)26)20(30-24-13)10-6-15-4-8-17(9-5-15)31(27,28)25-16-7-11-19(29-3)18(22)12-16/h4-12,25H,1-3H3,(H,23,26). The van der Waals surface area contributed by atoms with E-state index in [1.807, 2.05) is 0 Å². The third-order valence-electron chi connectivity index (χ3n) is 4.21. The predicted octanol–water partition coefficient (Wildman–Crippen LogP) is 4.57. The van der Waals surface area contributed by atoms with Gasteiger partial charge in [0, 0.05) is 6.92 Å². The number of nitrogens with zero attached hydrogens (tertiary/aromatic N) is 1. The van der Waals surface area contributed by atoms with Gasteiger partial charge in [-0.05, 0) is 48.9 Å². The molecule has 1 aromatic heterocycles. The lowest BCUT2D eigenvalue weighted by Gasteiger charge is -2.10. The minimum atomic E-state index is -3.80. The third kappa shape index (κ3) is 5.44. The highest BCUT2D eigenvalue weighted by Crippen LogP contribution is 2.28. The largest absolute Gasteiger partial charge is 0.495 e. The van der Waals surface area contributed by atoms with Gasteiger partial charge in [0.2, 0.25) is 5.91 Å². The Morgan fingerprint density at radius 1 is 1.16 bits per heavy atom. The third-order valence-corrected chi connectivity index (χ3v) is 5.90. The number of aromatic nitrogens is 1. The van der Waals surface area contributed by atoms with Crippen LogP contribution in [-0.4, -0.2) is 26.6 Å². The average Bonchev–Trinajstić information content (AvgIpc) is 3.05. The molecule has 31 heavy (non-hydrogen) atoms. The highest BCUT2D eigenvalue weighted by atomic mass is 35.5. The molecule has 0 atom stereocenters. The number of anilines is 2. The maximum atomic E-state index is 12.6. The van der Waals surface area contributed by atoms with E-state index in [0.717, 1.165) is 5.56 Å². The molecule has 3 aromatic rings. The Kier molecular flexibility index (Phi) is 6.67. The van der Waals surface area contributed by atoms with E-state index >= 15 is 0 Å². The van der Waals surface area contributed by atoms with Crippen LogP contribution in [0.5, 0.6) is 5.75 Å². The molecule has 0 aliphatic carbocycles. The van der Waals surface area contributed by atoms with E-state index in [-0.39, 0.29) is 10.8 Å². The molecular formula is C21H20ClN3O5S. The summed E-state index contributed by atoms with van der Waals surface area (Å²) in [4.78, 5) is 11.4. The maximum Gasteiger partial charge on any atom is 0.261 e. The van der Waals surface area contributed by atoms with Crippen LogP contribution in [0.2, 0.25) is 5.02 Å². The Bertz CT molecular complexity index is 1230. The number of hydrogen-bond donors (Lipinski definition) is 2. The molecule has 0 unspecified atom stereocenters. The van der Waals surface area contributed by atoms with E-state index in [0.29, 0.717) is 33.6 Å². The predicted molar refractivity (Wildman–Crippen MR) is 120 cm³/mol. The first-order chi connectivity index (χ1) is 14.7. The highest BCUT2D eigenvalue weighted by Gasteiger charge is 2.15. The number of halogens is 1. The molecule has 2 N–H and O–H groups in total. The zero-order valence-electron chi connectivity index (χ0n) is 17.0. The maximum absolute atomic E-state index is 12.6. The van der Waals surface area contributed by atoms with Crippen LogP contribution in [0.25, 0.3) is 12.2 Å². The summed E-state index contributed by atoms with van der Waals surface area (Å²) in [5.41, 5.74) is 2.10. The van der Waals surface area contributed by atoms with Gasteiger partial charge in [-0.3, -0.25) is 9.52 Å². The normalized spacial score (nSPS) is 11.5. The van der Waals surface area contributed by atoms with Crippen molar-refractivity contribution < 1.29 is 22.5 Å². The molecule has 0 fully saturated rings. The number of nitrogens with one attached hydrogen (secondary N) is 2. The van der Waals surface area contributed by atoms with E-state index in [2.05, 4.69) is 15.2 Å². The summed E-state index contributed by atoms with van der Waals surface area (Å²) >= 11 is 6.05. The lowest BCUT2D eigenvalue weighted by atomic mass is 10.2. The summed E-state index contributed by atoms with van der Waals surface area (Å²) in [5, 5.41) is 6.81. The Hall–Kier alpha value is -3.30. The smallest absolute Gasteiger partial charge is 0.261 e. The van der Waals surface area contributed by atoms with E-state index in [1.54, 1.807) is 43.3 Å². The van der Waals surface area contributed by atoms with Crippen molar-refractivity contribution in [3.63, 3.8) is 0 Å². The Labute approximate surface area is 184 Å². The summed E-state index contributed by atoms with van der Waals surface area (Å²) in [6.45, 7) is 3.11. The molecule has 0 aliphatic heterocycles. The van der Waals surface area contributed by atoms with Crippen LogP contribution < -0.4 is 14.8 Å². The average molecular weight is 462 g/mol. The van der Waals surface area contributed by atoms with E-state index < -0.39 is 10.0 Å². The number of sulfonamides is 1. The first-order valence-corrected chi connectivity index (χ1v) is 10.9. The Morgan fingerprint density at radius 3 is 2.48 bits per heavy atom. The zero-order valence-corrected chi connectivity index (χ0v) is 18.5. The number of hydrogen-bond acceptors (Lipinski definition) is 6.